The first-order valence-electron chi connectivity index (χ1n) is 5.75. The minimum atomic E-state index is -0.372. The number of hydrogen-bond acceptors (Lipinski definition) is 4. The fraction of sp³-hybridized carbons (Fsp3) is 0.250. The number of aromatic amines is 1. The maximum atomic E-state index is 12.0. The molecule has 2 rings (SSSR count). The zero-order valence-corrected chi connectivity index (χ0v) is 11.3. The Morgan fingerprint density at radius 3 is 2.84 bits per heavy atom. The highest BCUT2D eigenvalue weighted by Crippen LogP contribution is 2.18. The smallest absolute Gasteiger partial charge is 0.259 e. The fourth-order valence-corrected chi connectivity index (χ4v) is 1.68. The van der Waals surface area contributed by atoms with Gasteiger partial charge in [-0.15, -0.1) is 0 Å². The van der Waals surface area contributed by atoms with Gasteiger partial charge in [0.05, 0.1) is 17.4 Å². The minimum absolute atomic E-state index is 0.212. The van der Waals surface area contributed by atoms with Gasteiger partial charge in [-0.1, -0.05) is 25.4 Å². The van der Waals surface area contributed by atoms with Crippen molar-refractivity contribution in [3.8, 4) is 0 Å². The number of H-pyrrole nitrogens is 1. The second-order valence-corrected chi connectivity index (χ2v) is 4.80. The van der Waals surface area contributed by atoms with Crippen LogP contribution >= 0.6 is 11.6 Å². The summed E-state index contributed by atoms with van der Waals surface area (Å²) in [5, 5.41) is 9.73. The highest BCUT2D eigenvalue weighted by atomic mass is 35.5. The van der Waals surface area contributed by atoms with Gasteiger partial charge in [-0.05, 0) is 12.0 Å². The van der Waals surface area contributed by atoms with Gasteiger partial charge in [-0.2, -0.15) is 5.10 Å². The number of amides is 1. The number of anilines is 2. The Balaban J connectivity index is 2.18. The van der Waals surface area contributed by atoms with Crippen molar-refractivity contribution in [2.45, 2.75) is 19.8 Å². The third-order valence-corrected chi connectivity index (χ3v) is 2.81. The van der Waals surface area contributed by atoms with E-state index in [9.17, 15) is 4.79 Å². The van der Waals surface area contributed by atoms with Crippen LogP contribution in [0.2, 0.25) is 5.15 Å². The summed E-state index contributed by atoms with van der Waals surface area (Å²) >= 11 is 5.74. The molecule has 1 amide bonds. The number of halogens is 1. The number of carbonyl (C=O) groups excluding carboxylic acids is 1. The van der Waals surface area contributed by atoms with Gasteiger partial charge in [0.25, 0.3) is 5.91 Å². The van der Waals surface area contributed by atoms with E-state index in [-0.39, 0.29) is 22.3 Å². The van der Waals surface area contributed by atoms with Crippen molar-refractivity contribution >= 4 is 29.0 Å². The summed E-state index contributed by atoms with van der Waals surface area (Å²) in [5.74, 6) is 0.378. The van der Waals surface area contributed by atoms with E-state index in [1.807, 2.05) is 13.8 Å². The topological polar surface area (TPSA) is 96.7 Å². The van der Waals surface area contributed by atoms with Gasteiger partial charge < -0.3 is 11.1 Å². The lowest BCUT2D eigenvalue weighted by Gasteiger charge is -2.05. The number of nitrogens with zero attached hydrogens (tertiary/aromatic N) is 2. The molecule has 2 aromatic heterocycles. The standard InChI is InChI=1S/C12H14ClN5O/c1-6(2)9-4-11(18-17-9)16-12(19)7-3-10(13)15-5-8(7)14/h3-6H,14H2,1-2H3,(H2,16,17,18,19). The Labute approximate surface area is 115 Å². The Bertz CT molecular complexity index is 608. The molecule has 2 aromatic rings. The normalized spacial score (nSPS) is 10.7. The molecule has 0 fully saturated rings. The van der Waals surface area contributed by atoms with Gasteiger partial charge in [0, 0.05) is 11.8 Å². The number of carbonyl (C=O) groups is 1. The molecule has 0 aliphatic heterocycles. The lowest BCUT2D eigenvalue weighted by Crippen LogP contribution is -2.14. The van der Waals surface area contributed by atoms with Crippen LogP contribution in [-0.2, 0) is 0 Å². The molecule has 0 aliphatic rings. The maximum absolute atomic E-state index is 12.0. The molecule has 0 atom stereocenters. The van der Waals surface area contributed by atoms with Gasteiger partial charge in [-0.25, -0.2) is 4.98 Å². The van der Waals surface area contributed by atoms with E-state index in [1.54, 1.807) is 6.07 Å². The Kier molecular flexibility index (Phi) is 3.71. The van der Waals surface area contributed by atoms with Crippen molar-refractivity contribution in [3.63, 3.8) is 0 Å². The van der Waals surface area contributed by atoms with E-state index >= 15 is 0 Å². The Hall–Kier alpha value is -2.08. The summed E-state index contributed by atoms with van der Waals surface area (Å²) in [6.07, 6.45) is 1.35. The Morgan fingerprint density at radius 1 is 1.47 bits per heavy atom. The summed E-state index contributed by atoms with van der Waals surface area (Å²) in [4.78, 5) is 15.8. The van der Waals surface area contributed by atoms with Crippen LogP contribution in [0.1, 0.15) is 35.8 Å². The first-order chi connectivity index (χ1) is 8.97. The maximum Gasteiger partial charge on any atom is 0.259 e. The van der Waals surface area contributed by atoms with Crippen molar-refractivity contribution in [1.29, 1.82) is 0 Å². The molecule has 2 heterocycles. The van der Waals surface area contributed by atoms with Crippen molar-refractivity contribution in [3.05, 3.63) is 34.7 Å². The third kappa shape index (κ3) is 3.03. The molecule has 0 radical (unpaired) electrons. The van der Waals surface area contributed by atoms with Gasteiger partial charge >= 0.3 is 0 Å². The van der Waals surface area contributed by atoms with Gasteiger partial charge in [-0.3, -0.25) is 9.89 Å². The molecule has 7 heteroatoms. The summed E-state index contributed by atoms with van der Waals surface area (Å²) in [5.41, 5.74) is 7.17. The lowest BCUT2D eigenvalue weighted by molar-refractivity contribution is 0.102. The molecule has 0 bridgehead atoms. The molecule has 0 saturated heterocycles. The number of hydrogen-bond donors (Lipinski definition) is 3. The second kappa shape index (κ2) is 5.27. The molecular formula is C12H14ClN5O. The van der Waals surface area contributed by atoms with Crippen molar-refractivity contribution in [2.75, 3.05) is 11.1 Å². The van der Waals surface area contributed by atoms with Crippen LogP contribution in [0, 0.1) is 0 Å². The predicted octanol–water partition coefficient (Wildman–Crippen LogP) is 2.42. The molecule has 0 unspecified atom stereocenters. The number of nitrogen functional groups attached to an aromatic ring is 1. The van der Waals surface area contributed by atoms with E-state index in [1.165, 1.54) is 12.3 Å². The first kappa shape index (κ1) is 13.4. The number of pyridine rings is 1. The SMILES string of the molecule is CC(C)c1cc(NC(=O)c2cc(Cl)ncc2N)n[nH]1. The average Bonchev–Trinajstić information content (AvgIpc) is 2.80. The third-order valence-electron chi connectivity index (χ3n) is 2.61. The highest BCUT2D eigenvalue weighted by Gasteiger charge is 2.13. The van der Waals surface area contributed by atoms with E-state index in [0.717, 1.165) is 5.69 Å². The molecule has 4 N–H and O–H groups in total. The van der Waals surface area contributed by atoms with Crippen molar-refractivity contribution in [1.82, 2.24) is 15.2 Å². The molecular weight excluding hydrogens is 266 g/mol. The van der Waals surface area contributed by atoms with Gasteiger partial charge in [0.15, 0.2) is 5.82 Å². The second-order valence-electron chi connectivity index (χ2n) is 4.41. The van der Waals surface area contributed by atoms with E-state index < -0.39 is 0 Å². The predicted molar refractivity (Wildman–Crippen MR) is 74.3 cm³/mol. The summed E-state index contributed by atoms with van der Waals surface area (Å²) < 4.78 is 0. The Morgan fingerprint density at radius 2 is 2.21 bits per heavy atom. The van der Waals surface area contributed by atoms with Crippen LogP contribution in [0.4, 0.5) is 11.5 Å². The highest BCUT2D eigenvalue weighted by molar-refractivity contribution is 6.30. The van der Waals surface area contributed by atoms with Crippen LogP contribution in [0.15, 0.2) is 18.3 Å². The van der Waals surface area contributed by atoms with Gasteiger partial charge in [0.2, 0.25) is 0 Å². The van der Waals surface area contributed by atoms with Crippen LogP contribution in [-0.4, -0.2) is 21.1 Å². The number of nitrogens with two attached hydrogens (primary N) is 1. The van der Waals surface area contributed by atoms with Crippen LogP contribution < -0.4 is 11.1 Å². The van der Waals surface area contributed by atoms with Crippen molar-refractivity contribution < 1.29 is 4.79 Å². The lowest BCUT2D eigenvalue weighted by atomic mass is 10.1. The average molecular weight is 280 g/mol. The summed E-state index contributed by atoms with van der Waals surface area (Å²) in [6.45, 7) is 4.06. The quantitative estimate of drug-likeness (QED) is 0.752. The number of rotatable bonds is 3. The molecule has 6 nitrogen and oxygen atoms in total. The van der Waals surface area contributed by atoms with E-state index in [4.69, 9.17) is 17.3 Å². The largest absolute Gasteiger partial charge is 0.397 e. The summed E-state index contributed by atoms with van der Waals surface area (Å²) in [7, 11) is 0. The van der Waals surface area contributed by atoms with E-state index in [0.29, 0.717) is 11.7 Å². The fourth-order valence-electron chi connectivity index (χ4n) is 1.52. The zero-order chi connectivity index (χ0) is 14.0. The molecule has 100 valence electrons. The number of aromatic nitrogens is 3. The first-order valence-corrected chi connectivity index (χ1v) is 6.13. The minimum Gasteiger partial charge on any atom is -0.397 e. The van der Waals surface area contributed by atoms with Crippen molar-refractivity contribution in [2.24, 2.45) is 0 Å². The van der Waals surface area contributed by atoms with Gasteiger partial charge in [0.1, 0.15) is 5.15 Å². The molecule has 0 aliphatic carbocycles. The monoisotopic (exact) mass is 279 g/mol. The number of nitrogens with one attached hydrogen (secondary N) is 2. The van der Waals surface area contributed by atoms with Crippen LogP contribution in [0.3, 0.4) is 0 Å². The molecule has 0 aromatic carbocycles. The molecule has 19 heavy (non-hydrogen) atoms. The summed E-state index contributed by atoms with van der Waals surface area (Å²) in [6, 6.07) is 3.20. The molecule has 0 spiro atoms. The van der Waals surface area contributed by atoms with E-state index in [2.05, 4.69) is 20.5 Å². The molecule has 0 saturated carbocycles. The van der Waals surface area contributed by atoms with Crippen LogP contribution in [0.5, 0.6) is 0 Å². The van der Waals surface area contributed by atoms with Crippen LogP contribution in [0.25, 0.3) is 0 Å². The zero-order valence-electron chi connectivity index (χ0n) is 10.6.